The van der Waals surface area contributed by atoms with Crippen molar-refractivity contribution >= 4 is 22.6 Å². The zero-order valence-corrected chi connectivity index (χ0v) is 8.65. The largest absolute Gasteiger partial charge is 0.297 e. The highest BCUT2D eigenvalue weighted by molar-refractivity contribution is 8.14. The Kier molecular flexibility index (Phi) is 3.32. The second kappa shape index (κ2) is 4.08. The molecule has 0 fully saturated rings. The van der Waals surface area contributed by atoms with Gasteiger partial charge in [0.2, 0.25) is 0 Å². The molecule has 0 saturated heterocycles. The predicted molar refractivity (Wildman–Crippen MR) is 53.8 cm³/mol. The van der Waals surface area contributed by atoms with Crippen LogP contribution in [-0.2, 0) is 4.79 Å². The van der Waals surface area contributed by atoms with Crippen molar-refractivity contribution in [2.45, 2.75) is 33.2 Å². The van der Waals surface area contributed by atoms with E-state index in [0.717, 1.165) is 17.2 Å². The number of Topliss-reactive ketones (excluding diaryl/α,β-unsaturated/α-hetero) is 1. The Morgan fingerprint density at radius 1 is 1.75 bits per heavy atom. The van der Waals surface area contributed by atoms with Gasteiger partial charge in [-0.3, -0.25) is 9.79 Å². The first-order valence-electron chi connectivity index (χ1n) is 4.38. The molecule has 0 aliphatic carbocycles. The van der Waals surface area contributed by atoms with E-state index in [1.807, 2.05) is 13.8 Å². The Bertz CT molecular complexity index is 211. The van der Waals surface area contributed by atoms with Crippen molar-refractivity contribution in [3.63, 3.8) is 0 Å². The number of carbonyl (C=O) groups excluding carboxylic acids is 1. The third-order valence-electron chi connectivity index (χ3n) is 1.91. The molecule has 3 heteroatoms. The average molecular weight is 185 g/mol. The molecular formula is C9H15NOS. The molecule has 1 unspecified atom stereocenters. The van der Waals surface area contributed by atoms with Gasteiger partial charge in [-0.05, 0) is 6.42 Å². The minimum atomic E-state index is -0.0510. The number of hydrogen-bond donors (Lipinski definition) is 0. The van der Waals surface area contributed by atoms with Gasteiger partial charge in [0, 0.05) is 11.7 Å². The summed E-state index contributed by atoms with van der Waals surface area (Å²) in [5.74, 6) is 1.27. The van der Waals surface area contributed by atoms with Gasteiger partial charge in [0.1, 0.15) is 6.04 Å². The van der Waals surface area contributed by atoms with E-state index in [2.05, 4.69) is 11.9 Å². The van der Waals surface area contributed by atoms with Crippen LogP contribution in [-0.4, -0.2) is 22.6 Å². The van der Waals surface area contributed by atoms with Gasteiger partial charge >= 0.3 is 0 Å². The lowest BCUT2D eigenvalue weighted by atomic mass is 10.0. The Morgan fingerprint density at radius 3 is 2.83 bits per heavy atom. The fourth-order valence-corrected chi connectivity index (χ4v) is 2.14. The molecule has 1 aliphatic heterocycles. The SMILES string of the molecule is CCC1=NC(C(=O)C(C)C)CS1. The zero-order chi connectivity index (χ0) is 9.14. The first-order chi connectivity index (χ1) is 5.65. The van der Waals surface area contributed by atoms with E-state index < -0.39 is 0 Å². The molecule has 2 nitrogen and oxygen atoms in total. The van der Waals surface area contributed by atoms with E-state index in [1.165, 1.54) is 0 Å². The summed E-state index contributed by atoms with van der Waals surface area (Å²) < 4.78 is 0. The summed E-state index contributed by atoms with van der Waals surface area (Å²) >= 11 is 1.73. The van der Waals surface area contributed by atoms with Gasteiger partial charge in [-0.25, -0.2) is 0 Å². The highest BCUT2D eigenvalue weighted by Crippen LogP contribution is 2.22. The molecule has 0 aromatic rings. The van der Waals surface area contributed by atoms with E-state index in [1.54, 1.807) is 11.8 Å². The molecular weight excluding hydrogens is 170 g/mol. The van der Waals surface area contributed by atoms with Crippen molar-refractivity contribution in [1.82, 2.24) is 0 Å². The molecule has 0 aromatic carbocycles. The van der Waals surface area contributed by atoms with Gasteiger partial charge in [0.05, 0.1) is 5.04 Å². The molecule has 0 amide bonds. The number of ketones is 1. The second-order valence-corrected chi connectivity index (χ2v) is 4.35. The standard InChI is InChI=1S/C9H15NOS/c1-4-8-10-7(5-12-8)9(11)6(2)3/h6-7H,4-5H2,1-3H3. The van der Waals surface area contributed by atoms with Gasteiger partial charge in [0.15, 0.2) is 5.78 Å². The maximum Gasteiger partial charge on any atom is 0.160 e. The predicted octanol–water partition coefficient (Wildman–Crippen LogP) is 2.14. The van der Waals surface area contributed by atoms with Gasteiger partial charge in [0.25, 0.3) is 0 Å². The first kappa shape index (κ1) is 9.78. The monoisotopic (exact) mass is 185 g/mol. The van der Waals surface area contributed by atoms with Crippen molar-refractivity contribution in [3.8, 4) is 0 Å². The van der Waals surface area contributed by atoms with E-state index >= 15 is 0 Å². The van der Waals surface area contributed by atoms with Crippen LogP contribution in [0.3, 0.4) is 0 Å². The molecule has 0 saturated carbocycles. The Labute approximate surface area is 77.8 Å². The van der Waals surface area contributed by atoms with E-state index in [9.17, 15) is 4.79 Å². The van der Waals surface area contributed by atoms with E-state index in [0.29, 0.717) is 0 Å². The summed E-state index contributed by atoms with van der Waals surface area (Å²) in [5, 5.41) is 1.13. The normalized spacial score (nSPS) is 23.0. The van der Waals surface area contributed by atoms with Gasteiger partial charge in [-0.2, -0.15) is 0 Å². The Morgan fingerprint density at radius 2 is 2.42 bits per heavy atom. The summed E-state index contributed by atoms with van der Waals surface area (Å²) in [6.07, 6.45) is 0.965. The molecule has 1 aliphatic rings. The Balaban J connectivity index is 2.56. The van der Waals surface area contributed by atoms with Crippen LogP contribution in [0.1, 0.15) is 27.2 Å². The molecule has 1 atom stereocenters. The van der Waals surface area contributed by atoms with Crippen LogP contribution in [0, 0.1) is 5.92 Å². The average Bonchev–Trinajstić information content (AvgIpc) is 2.50. The highest BCUT2D eigenvalue weighted by Gasteiger charge is 2.25. The third kappa shape index (κ3) is 2.09. The fraction of sp³-hybridized carbons (Fsp3) is 0.778. The van der Waals surface area contributed by atoms with Crippen LogP contribution in [0.15, 0.2) is 4.99 Å². The van der Waals surface area contributed by atoms with Gasteiger partial charge < -0.3 is 0 Å². The molecule has 12 heavy (non-hydrogen) atoms. The summed E-state index contributed by atoms with van der Waals surface area (Å²) in [5.41, 5.74) is 0. The van der Waals surface area contributed by atoms with Crippen molar-refractivity contribution in [2.75, 3.05) is 5.75 Å². The number of carbonyl (C=O) groups is 1. The molecule has 0 radical (unpaired) electrons. The second-order valence-electron chi connectivity index (χ2n) is 3.26. The van der Waals surface area contributed by atoms with Crippen molar-refractivity contribution < 1.29 is 4.79 Å². The highest BCUT2D eigenvalue weighted by atomic mass is 32.2. The van der Waals surface area contributed by atoms with Crippen LogP contribution in [0.2, 0.25) is 0 Å². The number of hydrogen-bond acceptors (Lipinski definition) is 3. The maximum atomic E-state index is 11.5. The lowest BCUT2D eigenvalue weighted by Gasteiger charge is -2.06. The molecule has 1 rings (SSSR count). The molecule has 1 heterocycles. The summed E-state index contributed by atoms with van der Waals surface area (Å²) in [4.78, 5) is 15.8. The minimum absolute atomic E-state index is 0.0510. The fourth-order valence-electron chi connectivity index (χ4n) is 1.15. The maximum absolute atomic E-state index is 11.5. The van der Waals surface area contributed by atoms with Crippen molar-refractivity contribution in [2.24, 2.45) is 10.9 Å². The van der Waals surface area contributed by atoms with Crippen LogP contribution >= 0.6 is 11.8 Å². The van der Waals surface area contributed by atoms with Gasteiger partial charge in [-0.15, -0.1) is 11.8 Å². The molecule has 0 spiro atoms. The third-order valence-corrected chi connectivity index (χ3v) is 3.12. The number of nitrogens with zero attached hydrogens (tertiary/aromatic N) is 1. The molecule has 0 bridgehead atoms. The van der Waals surface area contributed by atoms with Crippen molar-refractivity contribution in [3.05, 3.63) is 0 Å². The smallest absolute Gasteiger partial charge is 0.160 e. The van der Waals surface area contributed by atoms with E-state index in [-0.39, 0.29) is 17.7 Å². The molecule has 68 valence electrons. The van der Waals surface area contributed by atoms with Crippen LogP contribution in [0.25, 0.3) is 0 Å². The number of thioether (sulfide) groups is 1. The zero-order valence-electron chi connectivity index (χ0n) is 7.83. The van der Waals surface area contributed by atoms with E-state index in [4.69, 9.17) is 0 Å². The summed E-state index contributed by atoms with van der Waals surface area (Å²) in [6, 6.07) is -0.0510. The van der Waals surface area contributed by atoms with Crippen LogP contribution in [0.4, 0.5) is 0 Å². The minimum Gasteiger partial charge on any atom is -0.297 e. The number of aliphatic imine (C=N–C) groups is 1. The van der Waals surface area contributed by atoms with Crippen LogP contribution in [0.5, 0.6) is 0 Å². The first-order valence-corrected chi connectivity index (χ1v) is 5.37. The molecule has 0 aromatic heterocycles. The van der Waals surface area contributed by atoms with Crippen molar-refractivity contribution in [1.29, 1.82) is 0 Å². The quantitative estimate of drug-likeness (QED) is 0.674. The number of rotatable bonds is 3. The summed E-state index contributed by atoms with van der Waals surface area (Å²) in [6.45, 7) is 5.95. The summed E-state index contributed by atoms with van der Waals surface area (Å²) in [7, 11) is 0. The van der Waals surface area contributed by atoms with Crippen LogP contribution < -0.4 is 0 Å². The molecule has 0 N–H and O–H groups in total. The lowest BCUT2D eigenvalue weighted by Crippen LogP contribution is -2.23. The lowest BCUT2D eigenvalue weighted by molar-refractivity contribution is -0.122. The Hall–Kier alpha value is -0.310. The van der Waals surface area contributed by atoms with Gasteiger partial charge in [-0.1, -0.05) is 20.8 Å². The topological polar surface area (TPSA) is 29.4 Å².